The molecule has 0 aliphatic rings. The first-order chi connectivity index (χ1) is 15.5. The third kappa shape index (κ3) is 4.78. The number of ether oxygens (including phenoxy) is 1. The molecule has 1 N–H and O–H groups in total. The maximum atomic E-state index is 12.3. The number of hydrogen-bond acceptors (Lipinski definition) is 4. The van der Waals surface area contributed by atoms with Crippen LogP contribution in [0.5, 0.6) is 0 Å². The summed E-state index contributed by atoms with van der Waals surface area (Å²) in [5.41, 5.74) is 6.47. The number of nitrogens with one attached hydrogen (secondary N) is 1. The van der Waals surface area contributed by atoms with Gasteiger partial charge in [-0.25, -0.2) is 10.2 Å². The summed E-state index contributed by atoms with van der Waals surface area (Å²) in [6.07, 6.45) is 3.61. The molecule has 32 heavy (non-hydrogen) atoms. The fourth-order valence-electron chi connectivity index (χ4n) is 3.47. The largest absolute Gasteiger partial charge is 0.465 e. The Kier molecular flexibility index (Phi) is 6.47. The lowest BCUT2D eigenvalue weighted by Gasteiger charge is -2.07. The molecule has 1 heterocycles. The molecule has 160 valence electrons. The molecule has 0 bridgehead atoms. The Balaban J connectivity index is 1.57. The van der Waals surface area contributed by atoms with E-state index < -0.39 is 0 Å². The summed E-state index contributed by atoms with van der Waals surface area (Å²) in [5, 5.41) is 5.16. The molecule has 3 aromatic carbocycles. The van der Waals surface area contributed by atoms with Gasteiger partial charge < -0.3 is 9.30 Å². The fourth-order valence-corrected chi connectivity index (χ4v) is 3.87. The maximum absolute atomic E-state index is 12.3. The molecule has 0 saturated carbocycles. The normalized spacial score (nSPS) is 11.1. The Labute approximate surface area is 193 Å². The lowest BCUT2D eigenvalue weighted by Crippen LogP contribution is -2.17. The van der Waals surface area contributed by atoms with Crippen LogP contribution in [0.2, 0.25) is 0 Å². The number of hydrogen-bond donors (Lipinski definition) is 1. The van der Waals surface area contributed by atoms with Crippen LogP contribution in [-0.2, 0) is 11.3 Å². The first kappa shape index (κ1) is 21.5. The van der Waals surface area contributed by atoms with Gasteiger partial charge >= 0.3 is 5.97 Å². The van der Waals surface area contributed by atoms with Gasteiger partial charge in [0.2, 0.25) is 0 Å². The topological polar surface area (TPSA) is 72.7 Å². The number of carbonyl (C=O) groups is 2. The zero-order valence-corrected chi connectivity index (χ0v) is 18.9. The number of carbonyl (C=O) groups excluding carboxylic acids is 2. The van der Waals surface area contributed by atoms with E-state index in [1.165, 1.54) is 7.11 Å². The minimum Gasteiger partial charge on any atom is -0.465 e. The van der Waals surface area contributed by atoms with Crippen molar-refractivity contribution in [2.75, 3.05) is 7.11 Å². The van der Waals surface area contributed by atoms with Gasteiger partial charge in [-0.3, -0.25) is 4.79 Å². The smallest absolute Gasteiger partial charge is 0.337 e. The number of fused-ring (bicyclic) bond motifs is 1. The Morgan fingerprint density at radius 1 is 1.03 bits per heavy atom. The fraction of sp³-hybridized carbons (Fsp3) is 0.0800. The molecule has 0 aliphatic heterocycles. The van der Waals surface area contributed by atoms with E-state index >= 15 is 0 Å². The number of esters is 1. The van der Waals surface area contributed by atoms with Gasteiger partial charge in [-0.05, 0) is 42.0 Å². The van der Waals surface area contributed by atoms with Crippen molar-refractivity contribution in [3.63, 3.8) is 0 Å². The molecule has 0 aliphatic carbocycles. The average molecular weight is 490 g/mol. The van der Waals surface area contributed by atoms with E-state index in [1.54, 1.807) is 30.5 Å². The van der Waals surface area contributed by atoms with Gasteiger partial charge in [0.15, 0.2) is 0 Å². The lowest BCUT2D eigenvalue weighted by atomic mass is 10.1. The molecular weight excluding hydrogens is 470 g/mol. The van der Waals surface area contributed by atoms with E-state index in [-0.39, 0.29) is 11.9 Å². The highest BCUT2D eigenvalue weighted by molar-refractivity contribution is 9.10. The SMILES string of the molecule is COC(=O)c1cccc(Cn2cc(/C=N\NC(=O)c3cccc(Br)c3)c3ccccc32)c1. The highest BCUT2D eigenvalue weighted by Gasteiger charge is 2.10. The van der Waals surface area contributed by atoms with Gasteiger partial charge in [0.05, 0.1) is 18.9 Å². The van der Waals surface area contributed by atoms with Crippen LogP contribution in [0.3, 0.4) is 0 Å². The standard InChI is InChI=1S/C25H20BrN3O3/c1-32-25(31)19-8-4-6-17(12-19)15-29-16-20(22-10-2-3-11-23(22)29)14-27-28-24(30)18-7-5-9-21(26)13-18/h2-14,16H,15H2,1H3,(H,28,30)/b27-14-. The molecule has 6 nitrogen and oxygen atoms in total. The lowest BCUT2D eigenvalue weighted by molar-refractivity contribution is 0.0600. The van der Waals surface area contributed by atoms with E-state index in [1.807, 2.05) is 54.7 Å². The summed E-state index contributed by atoms with van der Waals surface area (Å²) >= 11 is 3.36. The Bertz CT molecular complexity index is 1330. The van der Waals surface area contributed by atoms with Crippen molar-refractivity contribution in [3.05, 3.63) is 106 Å². The first-order valence-corrected chi connectivity index (χ1v) is 10.7. The summed E-state index contributed by atoms with van der Waals surface area (Å²) in [6.45, 7) is 0.573. The van der Waals surface area contributed by atoms with Crippen molar-refractivity contribution < 1.29 is 14.3 Å². The van der Waals surface area contributed by atoms with Crippen LogP contribution < -0.4 is 5.43 Å². The van der Waals surface area contributed by atoms with Gasteiger partial charge in [0.1, 0.15) is 0 Å². The third-order valence-corrected chi connectivity index (χ3v) is 5.47. The van der Waals surface area contributed by atoms with Crippen LogP contribution in [0.25, 0.3) is 10.9 Å². The van der Waals surface area contributed by atoms with E-state index in [2.05, 4.69) is 31.0 Å². The van der Waals surface area contributed by atoms with Crippen molar-refractivity contribution in [1.29, 1.82) is 0 Å². The molecule has 7 heteroatoms. The maximum Gasteiger partial charge on any atom is 0.337 e. The Morgan fingerprint density at radius 3 is 2.62 bits per heavy atom. The van der Waals surface area contributed by atoms with Crippen LogP contribution in [0.15, 0.2) is 88.6 Å². The zero-order valence-electron chi connectivity index (χ0n) is 17.3. The second-order valence-corrected chi connectivity index (χ2v) is 8.05. The van der Waals surface area contributed by atoms with Crippen molar-refractivity contribution >= 4 is 44.9 Å². The van der Waals surface area contributed by atoms with Crippen LogP contribution >= 0.6 is 15.9 Å². The third-order valence-electron chi connectivity index (χ3n) is 4.98. The molecule has 4 rings (SSSR count). The zero-order chi connectivity index (χ0) is 22.5. The number of para-hydroxylation sites is 1. The van der Waals surface area contributed by atoms with Gasteiger partial charge in [0.25, 0.3) is 5.91 Å². The number of nitrogens with zero attached hydrogens (tertiary/aromatic N) is 2. The minimum atomic E-state index is -0.363. The monoisotopic (exact) mass is 489 g/mol. The van der Waals surface area contributed by atoms with E-state index in [0.29, 0.717) is 17.7 Å². The van der Waals surface area contributed by atoms with Crippen LogP contribution in [-0.4, -0.2) is 29.8 Å². The second kappa shape index (κ2) is 9.62. The van der Waals surface area contributed by atoms with Gasteiger partial charge in [-0.15, -0.1) is 0 Å². The molecule has 0 radical (unpaired) electrons. The molecule has 0 fully saturated rings. The van der Waals surface area contributed by atoms with E-state index in [9.17, 15) is 9.59 Å². The van der Waals surface area contributed by atoms with Crippen molar-refractivity contribution in [1.82, 2.24) is 9.99 Å². The number of benzene rings is 3. The quantitative estimate of drug-likeness (QED) is 0.235. The summed E-state index contributed by atoms with van der Waals surface area (Å²) in [6, 6.07) is 22.4. The Hall–Kier alpha value is -3.71. The van der Waals surface area contributed by atoms with E-state index in [4.69, 9.17) is 4.74 Å². The van der Waals surface area contributed by atoms with Crippen LogP contribution in [0.1, 0.15) is 31.8 Å². The number of amides is 1. The van der Waals surface area contributed by atoms with Gasteiger partial charge in [-0.1, -0.05) is 52.3 Å². The van der Waals surface area contributed by atoms with Gasteiger partial charge in [0, 0.05) is 39.2 Å². The highest BCUT2D eigenvalue weighted by atomic mass is 79.9. The summed E-state index contributed by atoms with van der Waals surface area (Å²) in [7, 11) is 1.37. The molecule has 0 unspecified atom stereocenters. The molecule has 0 atom stereocenters. The predicted octanol–water partition coefficient (Wildman–Crippen LogP) is 5.00. The number of hydrazone groups is 1. The molecular formula is C25H20BrN3O3. The second-order valence-electron chi connectivity index (χ2n) is 7.13. The molecule has 0 saturated heterocycles. The van der Waals surface area contributed by atoms with Crippen molar-refractivity contribution in [3.8, 4) is 0 Å². The number of methoxy groups -OCH3 is 1. The van der Waals surface area contributed by atoms with Crippen molar-refractivity contribution in [2.24, 2.45) is 5.10 Å². The molecule has 1 aromatic heterocycles. The molecule has 0 spiro atoms. The van der Waals surface area contributed by atoms with Crippen molar-refractivity contribution in [2.45, 2.75) is 6.54 Å². The summed E-state index contributed by atoms with van der Waals surface area (Å²) in [4.78, 5) is 24.2. The number of halogens is 1. The van der Waals surface area contributed by atoms with Gasteiger partial charge in [-0.2, -0.15) is 5.10 Å². The Morgan fingerprint density at radius 2 is 1.81 bits per heavy atom. The summed E-state index contributed by atoms with van der Waals surface area (Å²) in [5.74, 6) is -0.649. The average Bonchev–Trinajstić information content (AvgIpc) is 3.16. The highest BCUT2D eigenvalue weighted by Crippen LogP contribution is 2.22. The van der Waals surface area contributed by atoms with E-state index in [0.717, 1.165) is 26.5 Å². The molecule has 4 aromatic rings. The summed E-state index contributed by atoms with van der Waals surface area (Å²) < 4.78 is 7.73. The number of aromatic nitrogens is 1. The first-order valence-electron chi connectivity index (χ1n) is 9.89. The number of rotatable bonds is 6. The van der Waals surface area contributed by atoms with Crippen LogP contribution in [0, 0.1) is 0 Å². The predicted molar refractivity (Wildman–Crippen MR) is 128 cm³/mol. The molecule has 1 amide bonds. The minimum absolute atomic E-state index is 0.286. The van der Waals surface area contributed by atoms with Crippen LogP contribution in [0.4, 0.5) is 0 Å².